The number of nitrogens with zero attached hydrogens (tertiary/aromatic N) is 8. The quantitative estimate of drug-likeness (QED) is 0.0399. The molecule has 1 saturated carbocycles. The van der Waals surface area contributed by atoms with Gasteiger partial charge in [-0.15, -0.1) is 68.0 Å². The van der Waals surface area contributed by atoms with E-state index in [-0.39, 0.29) is 64.3 Å². The zero-order valence-corrected chi connectivity index (χ0v) is 58.1. The number of aliphatic carboxylic acids is 1. The lowest BCUT2D eigenvalue weighted by atomic mass is 9.86. The van der Waals surface area contributed by atoms with Gasteiger partial charge in [-0.1, -0.05) is 49.4 Å². The normalized spacial score (nSPS) is 20.8. The Morgan fingerprint density at radius 3 is 2.12 bits per heavy atom. The van der Waals surface area contributed by atoms with Crippen LogP contribution in [0.4, 0.5) is 0 Å². The minimum atomic E-state index is -1.44. The fraction of sp³-hybridized carbons (Fsp3) is 0.348. The lowest BCUT2D eigenvalue weighted by molar-refractivity contribution is -0.143. The summed E-state index contributed by atoms with van der Waals surface area (Å²) in [5.41, 5.74) is 8.63. The Labute approximate surface area is 589 Å². The van der Waals surface area contributed by atoms with Crippen molar-refractivity contribution in [2.75, 3.05) is 33.4 Å². The van der Waals surface area contributed by atoms with Gasteiger partial charge in [0, 0.05) is 82.5 Å². The molecule has 9 aromatic rings. The summed E-state index contributed by atoms with van der Waals surface area (Å²) in [5, 5.41) is 57.8. The molecule has 0 radical (unpaired) electrons. The van der Waals surface area contributed by atoms with Crippen LogP contribution in [0.15, 0.2) is 93.6 Å². The highest BCUT2D eigenvalue weighted by Gasteiger charge is 2.46. The number of fused-ring (bicyclic) bond motifs is 16. The van der Waals surface area contributed by atoms with Crippen molar-refractivity contribution in [3.8, 4) is 49.1 Å². The Bertz CT molecular complexity index is 4470. The summed E-state index contributed by atoms with van der Waals surface area (Å²) < 4.78 is 10.8. The predicted molar refractivity (Wildman–Crippen MR) is 370 cm³/mol. The van der Waals surface area contributed by atoms with Crippen molar-refractivity contribution >= 4 is 115 Å². The number of aryl methyl sites for hydroxylation is 1. The number of rotatable bonds is 17. The van der Waals surface area contributed by atoms with E-state index in [2.05, 4.69) is 41.5 Å². The van der Waals surface area contributed by atoms with Crippen molar-refractivity contribution in [3.05, 3.63) is 147 Å². The summed E-state index contributed by atoms with van der Waals surface area (Å²) in [6, 6.07) is 13.9. The summed E-state index contributed by atoms with van der Waals surface area (Å²) in [7, 11) is 1.58. The second-order valence-corrected chi connectivity index (χ2v) is 29.5. The van der Waals surface area contributed by atoms with Gasteiger partial charge in [0.1, 0.15) is 93.8 Å². The number of hydrogen-bond donors (Lipinski definition) is 9. The summed E-state index contributed by atoms with van der Waals surface area (Å²) in [6.45, 7) is 3.96. The summed E-state index contributed by atoms with van der Waals surface area (Å²) >= 11 is 6.85. The third-order valence-corrected chi connectivity index (χ3v) is 22.6. The fourth-order valence-electron chi connectivity index (χ4n) is 11.8. The van der Waals surface area contributed by atoms with Crippen molar-refractivity contribution in [2.24, 2.45) is 17.6 Å². The molecule has 10 bridgehead atoms. The first-order chi connectivity index (χ1) is 47.7. The predicted octanol–water partition coefficient (Wildman–Crippen LogP) is 7.49. The maximum Gasteiger partial charge on any atom is 0.306 e. The van der Waals surface area contributed by atoms with Crippen LogP contribution in [0, 0.1) is 18.8 Å². The Balaban J connectivity index is 0.910. The molecule has 514 valence electrons. The lowest BCUT2D eigenvalue weighted by Gasteiger charge is -2.29. The molecule has 3 aliphatic rings. The molecule has 2 aliphatic heterocycles. The van der Waals surface area contributed by atoms with Gasteiger partial charge >= 0.3 is 5.97 Å². The third kappa shape index (κ3) is 16.1. The van der Waals surface area contributed by atoms with Crippen LogP contribution in [-0.4, -0.2) is 154 Å². The van der Waals surface area contributed by atoms with E-state index >= 15 is 4.79 Å². The number of methoxy groups -OCH3 is 1. The zero-order chi connectivity index (χ0) is 69.6. The fourth-order valence-corrected chi connectivity index (χ4v) is 17.1. The summed E-state index contributed by atoms with van der Waals surface area (Å²) in [5.74, 6) is -5.79. The maximum absolute atomic E-state index is 15.5. The number of carbonyl (C=O) groups excluding carboxylic acids is 7. The minimum Gasteiger partial charge on any atom is -0.484 e. The van der Waals surface area contributed by atoms with Crippen LogP contribution in [0.5, 0.6) is 5.75 Å². The number of benzene rings is 2. The molecule has 2 aromatic carbocycles. The average Bonchev–Trinajstić information content (AvgIpc) is 1.62. The van der Waals surface area contributed by atoms with E-state index in [1.54, 1.807) is 96.9 Å². The molecule has 1 aliphatic carbocycles. The largest absolute Gasteiger partial charge is 0.484 e. The van der Waals surface area contributed by atoms with Crippen LogP contribution < -0.4 is 37.1 Å². The van der Waals surface area contributed by atoms with Gasteiger partial charge in [0.15, 0.2) is 6.61 Å². The number of amides is 7. The van der Waals surface area contributed by atoms with Gasteiger partial charge in [0.25, 0.3) is 29.5 Å². The van der Waals surface area contributed by atoms with Gasteiger partial charge in [0.2, 0.25) is 11.8 Å². The van der Waals surface area contributed by atoms with E-state index < -0.39 is 96.0 Å². The Kier molecular flexibility index (Phi) is 21.8. The molecule has 7 aromatic heterocycles. The topological polar surface area (TPSA) is 395 Å². The number of ether oxygens (including phenoxy) is 2. The number of carbonyl (C=O) groups is 8. The third-order valence-electron chi connectivity index (χ3n) is 17.1. The van der Waals surface area contributed by atoms with Gasteiger partial charge in [0.05, 0.1) is 36.2 Å². The van der Waals surface area contributed by atoms with E-state index in [4.69, 9.17) is 35.1 Å². The van der Waals surface area contributed by atoms with Crippen LogP contribution in [-0.2, 0) is 30.3 Å². The number of carboxylic acid groups (broad SMARTS) is 1. The Hall–Kier alpha value is -9.19. The van der Waals surface area contributed by atoms with E-state index in [0.29, 0.717) is 115 Å². The molecule has 9 heterocycles. The van der Waals surface area contributed by atoms with Crippen LogP contribution >= 0.6 is 68.0 Å². The summed E-state index contributed by atoms with van der Waals surface area (Å²) in [4.78, 5) is 146. The molecule has 12 rings (SSSR count). The second-order valence-electron chi connectivity index (χ2n) is 23.9. The first kappa shape index (κ1) is 69.7. The zero-order valence-electron chi connectivity index (χ0n) is 53.2. The van der Waals surface area contributed by atoms with E-state index in [1.165, 1.54) is 49.7 Å². The van der Waals surface area contributed by atoms with Crippen LogP contribution in [0.1, 0.15) is 143 Å². The van der Waals surface area contributed by atoms with Gasteiger partial charge in [-0.2, -0.15) is 0 Å². The number of primary amides is 1. The SMILES string of the molecule is COCCCNC(=O)COc1ccc(C[C@@H]2NC(=O)c3csc(n3)[C@H]([C@H](O)c3ccccc3)NC(=O)c3nc(sc3C)[C@H](CC(N)=O)NC(=O)c3csc(n3)-c3ccc(-c4nc(C(=O)N[C@H]5CC[C@H](C(=O)O)CC5)cs4)nc3-c3csc(n3)-c3csc(n3)[C@@H]3[C@@H](C)[C@@H](O)CN3C2=O)cc1. The average molecular weight is 1460 g/mol. The van der Waals surface area contributed by atoms with Crippen molar-refractivity contribution in [1.29, 1.82) is 0 Å². The van der Waals surface area contributed by atoms with E-state index in [0.717, 1.165) is 34.0 Å². The first-order valence-electron chi connectivity index (χ1n) is 31.5. The maximum atomic E-state index is 15.5. The van der Waals surface area contributed by atoms with Crippen molar-refractivity contribution in [2.45, 2.75) is 101 Å². The van der Waals surface area contributed by atoms with Crippen LogP contribution in [0.25, 0.3) is 43.4 Å². The smallest absolute Gasteiger partial charge is 0.306 e. The van der Waals surface area contributed by atoms with Gasteiger partial charge in [-0.05, 0) is 74.4 Å². The second kappa shape index (κ2) is 30.9. The highest BCUT2D eigenvalue weighted by atomic mass is 32.1. The molecule has 0 unspecified atom stereocenters. The number of hydrogen-bond acceptors (Lipinski definition) is 25. The number of nitrogens with two attached hydrogens (primary N) is 1. The number of aromatic nitrogens is 7. The Morgan fingerprint density at radius 2 is 1.37 bits per heavy atom. The van der Waals surface area contributed by atoms with E-state index in [1.807, 2.05) is 6.92 Å². The molecule has 27 nitrogen and oxygen atoms in total. The molecule has 10 N–H and O–H groups in total. The molecule has 0 spiro atoms. The molecule has 7 amide bonds. The molecular formula is C66H66N14O13S6. The number of nitrogens with one attached hydrogen (secondary N) is 5. The lowest BCUT2D eigenvalue weighted by Crippen LogP contribution is -2.50. The molecule has 1 saturated heterocycles. The number of carboxylic acids is 1. The molecule has 33 heteroatoms. The molecule has 7 atom stereocenters. The highest BCUT2D eigenvalue weighted by molar-refractivity contribution is 7.15. The van der Waals surface area contributed by atoms with Crippen molar-refractivity contribution in [1.82, 2.24) is 66.4 Å². The number of aliphatic hydroxyl groups is 2. The van der Waals surface area contributed by atoms with Crippen LogP contribution in [0.3, 0.4) is 0 Å². The minimum absolute atomic E-state index is 0.0387. The van der Waals surface area contributed by atoms with Crippen molar-refractivity contribution in [3.63, 3.8) is 0 Å². The van der Waals surface area contributed by atoms with Gasteiger partial charge in [-0.3, -0.25) is 38.4 Å². The number of aliphatic hydroxyl groups excluding tert-OH is 2. The monoisotopic (exact) mass is 1450 g/mol. The van der Waals surface area contributed by atoms with Crippen molar-refractivity contribution < 1.29 is 63.1 Å². The van der Waals surface area contributed by atoms with Gasteiger partial charge in [-0.25, -0.2) is 34.9 Å². The number of pyridine rings is 1. The molecular weight excluding hydrogens is 1390 g/mol. The highest BCUT2D eigenvalue weighted by Crippen LogP contribution is 2.43. The van der Waals surface area contributed by atoms with E-state index in [9.17, 15) is 48.9 Å². The molecule has 99 heavy (non-hydrogen) atoms. The Morgan fingerprint density at radius 1 is 0.707 bits per heavy atom. The van der Waals surface area contributed by atoms with Crippen LogP contribution in [0.2, 0.25) is 0 Å². The first-order valence-corrected chi connectivity index (χ1v) is 36.7. The standard InChI is InChI=1S/C66H66N14O13S6/c1-31-47(81)24-80-53(31)64-77-46(30-98-64)61-73-42(26-95-61)51-38(18-19-39(70-51)60-75-43(28-96-60)55(85)69-36-14-12-35(13-15-36)66(90)91)59-74-44(27-94-59)56(86)71-40(23-48(67)82)62-79-50(32(2)99-62)58(88)78-52(54(84)34-8-5-4-6-9-34)63-76-45(29-97-63)57(87)72-41(65(80)89)22-33-10-16-37(17-11-33)93-25-49(83)68-20-7-21-92-3/h4-6,8-11,16-19,26-31,35-36,40-41,47,52-54,81,84H,7,12-15,20-25H2,1-3H3,(H2,67,82)(H,68,83)(H,69,85)(H,71,86)(H,72,87)(H,78,88)(H,90,91)/t31-,35-,36-,40-,41-,47-,52-,53-,54+/m0/s1. The molecule has 2 fully saturated rings. The summed E-state index contributed by atoms with van der Waals surface area (Å²) in [6.07, 6.45) is -0.385. The number of thiazole rings is 6. The van der Waals surface area contributed by atoms with Gasteiger partial charge < -0.3 is 62.0 Å².